The summed E-state index contributed by atoms with van der Waals surface area (Å²) in [6.07, 6.45) is 2.20. The fraction of sp³-hybridized carbons (Fsp3) is 0.412. The van der Waals surface area contributed by atoms with Crippen LogP contribution in [-0.4, -0.2) is 29.9 Å². The van der Waals surface area contributed by atoms with Crippen LogP contribution in [0.1, 0.15) is 33.4 Å². The molecule has 1 aliphatic heterocycles. The molecule has 0 spiro atoms. The minimum Gasteiger partial charge on any atom is -0.437 e. The number of ether oxygens (including phenoxy) is 2. The summed E-state index contributed by atoms with van der Waals surface area (Å²) in [7, 11) is 0. The molecule has 2 aromatic rings. The molecule has 2 heterocycles. The van der Waals surface area contributed by atoms with Crippen LogP contribution in [0.25, 0.3) is 0 Å². The lowest BCUT2D eigenvalue weighted by molar-refractivity contribution is 0.0250. The van der Waals surface area contributed by atoms with Crippen molar-refractivity contribution in [3.63, 3.8) is 0 Å². The Bertz CT molecular complexity index is 641. The van der Waals surface area contributed by atoms with E-state index < -0.39 is 17.7 Å². The summed E-state index contributed by atoms with van der Waals surface area (Å²) in [6, 6.07) is 5.61. The van der Waals surface area contributed by atoms with E-state index in [1.54, 1.807) is 12.1 Å². The van der Waals surface area contributed by atoms with Gasteiger partial charge in [-0.15, -0.1) is 5.10 Å². The zero-order valence-corrected chi connectivity index (χ0v) is 13.8. The number of halogens is 2. The number of nitrogens with zero attached hydrogens (tertiary/aromatic N) is 2. The van der Waals surface area contributed by atoms with Crippen LogP contribution in [0.5, 0.6) is 11.6 Å². The minimum absolute atomic E-state index is 0. The van der Waals surface area contributed by atoms with E-state index in [1.807, 2.05) is 0 Å². The fourth-order valence-electron chi connectivity index (χ4n) is 2.11. The molecule has 0 radical (unpaired) electrons. The van der Waals surface area contributed by atoms with Gasteiger partial charge in [0.15, 0.2) is 11.6 Å². The molecule has 1 aromatic heterocycles. The van der Waals surface area contributed by atoms with Gasteiger partial charge in [-0.25, -0.2) is 8.78 Å². The van der Waals surface area contributed by atoms with Gasteiger partial charge in [0.05, 0.1) is 12.7 Å². The Balaban J connectivity index is 0.000000730. The van der Waals surface area contributed by atoms with Crippen molar-refractivity contribution in [3.8, 4) is 11.6 Å². The topological polar surface area (TPSA) is 56.3 Å². The molecule has 1 saturated heterocycles. The van der Waals surface area contributed by atoms with Gasteiger partial charge < -0.3 is 14.8 Å². The molecule has 24 heavy (non-hydrogen) atoms. The molecule has 3 rings (SSSR count). The van der Waals surface area contributed by atoms with E-state index >= 15 is 0 Å². The van der Waals surface area contributed by atoms with Crippen molar-refractivity contribution in [1.82, 2.24) is 15.5 Å². The summed E-state index contributed by atoms with van der Waals surface area (Å²) in [4.78, 5) is 0. The zero-order valence-electron chi connectivity index (χ0n) is 13.8. The van der Waals surface area contributed by atoms with E-state index in [9.17, 15) is 8.78 Å². The van der Waals surface area contributed by atoms with Crippen molar-refractivity contribution in [2.45, 2.75) is 26.4 Å². The summed E-state index contributed by atoms with van der Waals surface area (Å²) in [6.45, 7) is 5.81. The summed E-state index contributed by atoms with van der Waals surface area (Å²) in [5.74, 6) is -1.55. The number of hydrogen-bond acceptors (Lipinski definition) is 5. The fourth-order valence-corrected chi connectivity index (χ4v) is 2.11. The summed E-state index contributed by atoms with van der Waals surface area (Å²) < 4.78 is 38.5. The Labute approximate surface area is 141 Å². The summed E-state index contributed by atoms with van der Waals surface area (Å²) in [5.41, 5.74) is 0.126. The van der Waals surface area contributed by atoms with Crippen molar-refractivity contribution in [2.75, 3.05) is 19.7 Å². The highest BCUT2D eigenvalue weighted by molar-refractivity contribution is 5.35. The molecular weight excluding hydrogens is 316 g/mol. The molecule has 0 amide bonds. The van der Waals surface area contributed by atoms with Gasteiger partial charge in [0.25, 0.3) is 0 Å². The van der Waals surface area contributed by atoms with Crippen LogP contribution in [0.3, 0.4) is 0 Å². The molecular formula is C17H23F2N3O2. The van der Waals surface area contributed by atoms with Crippen LogP contribution in [-0.2, 0) is 4.74 Å². The second-order valence-electron chi connectivity index (χ2n) is 5.24. The highest BCUT2D eigenvalue weighted by atomic mass is 19.2. The third-order valence-corrected chi connectivity index (χ3v) is 3.07. The highest BCUT2D eigenvalue weighted by Crippen LogP contribution is 2.30. The molecule has 0 bridgehead atoms. The van der Waals surface area contributed by atoms with E-state index in [-0.39, 0.29) is 18.6 Å². The molecule has 0 saturated carbocycles. The number of benzene rings is 1. The largest absolute Gasteiger partial charge is 0.437 e. The Morgan fingerprint density at radius 2 is 2.17 bits per heavy atom. The molecule has 1 N–H and O–H groups in total. The maximum absolute atomic E-state index is 13.9. The number of rotatable bonds is 3. The van der Waals surface area contributed by atoms with Crippen LogP contribution in [0, 0.1) is 11.6 Å². The van der Waals surface area contributed by atoms with Crippen molar-refractivity contribution in [2.24, 2.45) is 0 Å². The average molecular weight is 339 g/mol. The monoisotopic (exact) mass is 339 g/mol. The number of aromatic nitrogens is 2. The van der Waals surface area contributed by atoms with Crippen molar-refractivity contribution in [1.29, 1.82) is 0 Å². The summed E-state index contributed by atoms with van der Waals surface area (Å²) in [5, 5.41) is 10.5. The second-order valence-corrected chi connectivity index (χ2v) is 5.24. The maximum atomic E-state index is 13.9. The van der Waals surface area contributed by atoms with E-state index in [2.05, 4.69) is 29.4 Å². The van der Waals surface area contributed by atoms with Crippen LogP contribution < -0.4 is 10.1 Å². The lowest BCUT2D eigenvalue weighted by Crippen LogP contribution is -2.33. The van der Waals surface area contributed by atoms with E-state index in [4.69, 9.17) is 9.47 Å². The molecule has 132 valence electrons. The predicted molar refractivity (Wildman–Crippen MR) is 88.1 cm³/mol. The predicted octanol–water partition coefficient (Wildman–Crippen LogP) is 3.87. The molecule has 1 unspecified atom stereocenters. The lowest BCUT2D eigenvalue weighted by atomic mass is 10.1. The van der Waals surface area contributed by atoms with Crippen molar-refractivity contribution in [3.05, 3.63) is 47.7 Å². The van der Waals surface area contributed by atoms with Crippen molar-refractivity contribution < 1.29 is 19.7 Å². The van der Waals surface area contributed by atoms with Gasteiger partial charge in [-0.3, -0.25) is 0 Å². The van der Waals surface area contributed by atoms with Crippen LogP contribution >= 0.6 is 0 Å². The Hall–Kier alpha value is -2.12. The van der Waals surface area contributed by atoms with Gasteiger partial charge >= 0.3 is 0 Å². The van der Waals surface area contributed by atoms with Crippen LogP contribution in [0.4, 0.5) is 8.78 Å². The Morgan fingerprint density at radius 1 is 1.38 bits per heavy atom. The molecule has 1 aromatic carbocycles. The number of hydrogen-bond donors (Lipinski definition) is 1. The Morgan fingerprint density at radius 3 is 2.79 bits per heavy atom. The van der Waals surface area contributed by atoms with Gasteiger partial charge in [0.2, 0.25) is 5.88 Å². The van der Waals surface area contributed by atoms with E-state index in [1.165, 1.54) is 18.7 Å². The van der Waals surface area contributed by atoms with Gasteiger partial charge in [0, 0.05) is 38.4 Å². The van der Waals surface area contributed by atoms with E-state index in [0.29, 0.717) is 19.7 Å². The molecule has 5 nitrogen and oxygen atoms in total. The minimum atomic E-state index is -0.986. The quantitative estimate of drug-likeness (QED) is 0.920. The zero-order chi connectivity index (χ0) is 17.4. The van der Waals surface area contributed by atoms with Crippen LogP contribution in [0.15, 0.2) is 30.5 Å². The lowest BCUT2D eigenvalue weighted by Gasteiger charge is -2.24. The maximum Gasteiger partial charge on any atom is 0.238 e. The summed E-state index contributed by atoms with van der Waals surface area (Å²) >= 11 is 0. The van der Waals surface area contributed by atoms with Gasteiger partial charge in [-0.05, 0) is 12.1 Å². The smallest absolute Gasteiger partial charge is 0.238 e. The Kier molecular flexibility index (Phi) is 7.02. The molecule has 1 fully saturated rings. The normalized spacial score (nSPS) is 16.9. The third-order valence-electron chi connectivity index (χ3n) is 3.07. The van der Waals surface area contributed by atoms with Gasteiger partial charge in [-0.2, -0.15) is 5.10 Å². The molecule has 0 aliphatic carbocycles. The van der Waals surface area contributed by atoms with Crippen molar-refractivity contribution >= 4 is 0 Å². The number of nitrogens with one attached hydrogen (secondary N) is 1. The average Bonchev–Trinajstić information content (AvgIpc) is 2.60. The first-order valence-electron chi connectivity index (χ1n) is 7.92. The SMILES string of the molecule is CCC.Fc1cc(Oc2cccnn2)cc(C2CNCCO2)c1F.[HH]. The van der Waals surface area contributed by atoms with Gasteiger partial charge in [-0.1, -0.05) is 20.3 Å². The second kappa shape index (κ2) is 9.24. The highest BCUT2D eigenvalue weighted by Gasteiger charge is 2.23. The molecule has 1 atom stereocenters. The molecule has 7 heteroatoms. The number of morpholine rings is 1. The van der Waals surface area contributed by atoms with E-state index in [0.717, 1.165) is 6.07 Å². The van der Waals surface area contributed by atoms with Gasteiger partial charge in [0.1, 0.15) is 5.75 Å². The van der Waals surface area contributed by atoms with Crippen LogP contribution in [0.2, 0.25) is 0 Å². The third kappa shape index (κ3) is 4.94. The standard InChI is InChI=1S/C14H13F2N3O2.C3H8.H2/c15-11-7-9(21-13-2-1-3-18-19-13)6-10(14(11)16)12-8-17-4-5-20-12;1-3-2;/h1-3,6-7,12,17H,4-5,8H2;3H2,1-2H3;1H. The first-order chi connectivity index (χ1) is 11.7. The first-order valence-corrected chi connectivity index (χ1v) is 7.92. The first kappa shape index (κ1) is 18.2. The molecule has 1 aliphatic rings.